The van der Waals surface area contributed by atoms with Gasteiger partial charge in [0.1, 0.15) is 0 Å². The zero-order chi connectivity index (χ0) is 39.0. The first kappa shape index (κ1) is 32.6. The molecule has 0 saturated carbocycles. The van der Waals surface area contributed by atoms with Gasteiger partial charge in [-0.3, -0.25) is 0 Å². The maximum atomic E-state index is 2.53. The van der Waals surface area contributed by atoms with Crippen molar-refractivity contribution in [3.63, 3.8) is 0 Å². The summed E-state index contributed by atoms with van der Waals surface area (Å²) in [5, 5.41) is 16.0. The van der Waals surface area contributed by atoms with E-state index < -0.39 is 0 Å². The number of fused-ring (bicyclic) bond motifs is 7. The van der Waals surface area contributed by atoms with Crippen LogP contribution in [0.25, 0.3) is 109 Å². The summed E-state index contributed by atoms with van der Waals surface area (Å²) >= 11 is 0. The van der Waals surface area contributed by atoms with Crippen LogP contribution in [0.15, 0.2) is 146 Å². The Morgan fingerprint density at radius 1 is 0.328 bits per heavy atom. The summed E-state index contributed by atoms with van der Waals surface area (Å²) in [5.74, 6) is 0. The Morgan fingerprint density at radius 3 is 1.05 bits per heavy atom. The molecule has 0 heterocycles. The lowest BCUT2D eigenvalue weighted by molar-refractivity contribution is 0.601. The number of benzene rings is 11. The standard InChI is InChI=1S/C58H42/c1-31-27-39(41-21-17-37-15-13-33-9-7-11-35-19-23-43(41)53(37)51(33)35)29-47-49(31)45-25-26-46-50-32(2)28-40(30-48(50)58(5,6)56(46)55(45)57(47,3)4)42-22-18-38-16-14-34-10-8-12-36-20-24-44(42)54(38)52(34)36/h7-30H,1-6H3. The van der Waals surface area contributed by atoms with Crippen molar-refractivity contribution in [1.29, 1.82) is 0 Å². The average Bonchev–Trinajstić information content (AvgIpc) is 3.61. The Labute approximate surface area is 339 Å². The molecule has 11 aromatic rings. The predicted octanol–water partition coefficient (Wildman–Crippen LogP) is 16.0. The van der Waals surface area contributed by atoms with Crippen LogP contribution in [0.5, 0.6) is 0 Å². The Morgan fingerprint density at radius 2 is 0.655 bits per heavy atom. The van der Waals surface area contributed by atoms with E-state index in [4.69, 9.17) is 0 Å². The molecule has 0 atom stereocenters. The molecule has 2 aliphatic carbocycles. The molecule has 0 aromatic heterocycles. The Bertz CT molecular complexity index is 3350. The molecule has 0 unspecified atom stereocenters. The van der Waals surface area contributed by atoms with Crippen molar-refractivity contribution >= 4 is 64.6 Å². The highest BCUT2D eigenvalue weighted by Gasteiger charge is 2.47. The van der Waals surface area contributed by atoms with Gasteiger partial charge in [-0.15, -0.1) is 0 Å². The van der Waals surface area contributed by atoms with E-state index >= 15 is 0 Å². The molecule has 0 spiro atoms. The van der Waals surface area contributed by atoms with Gasteiger partial charge in [0.2, 0.25) is 0 Å². The summed E-state index contributed by atoms with van der Waals surface area (Å²) in [7, 11) is 0. The highest BCUT2D eigenvalue weighted by Crippen LogP contribution is 2.61. The summed E-state index contributed by atoms with van der Waals surface area (Å²) in [6.07, 6.45) is 0. The van der Waals surface area contributed by atoms with Crippen molar-refractivity contribution in [2.45, 2.75) is 52.4 Å². The molecular formula is C58H42. The van der Waals surface area contributed by atoms with Crippen LogP contribution in [-0.2, 0) is 10.8 Å². The molecule has 0 fully saturated rings. The van der Waals surface area contributed by atoms with E-state index in [1.165, 1.54) is 143 Å². The molecule has 0 aliphatic heterocycles. The fourth-order valence-corrected chi connectivity index (χ4v) is 12.1. The highest BCUT2D eigenvalue weighted by atomic mass is 14.5. The molecule has 0 amide bonds. The van der Waals surface area contributed by atoms with Gasteiger partial charge in [-0.2, -0.15) is 0 Å². The maximum Gasteiger partial charge on any atom is 0.0162 e. The van der Waals surface area contributed by atoms with E-state index in [2.05, 4.69) is 187 Å². The first-order valence-corrected chi connectivity index (χ1v) is 20.9. The molecular weight excluding hydrogens is 697 g/mol. The molecule has 0 saturated heterocycles. The second-order valence-corrected chi connectivity index (χ2v) is 18.5. The average molecular weight is 739 g/mol. The minimum atomic E-state index is -0.178. The van der Waals surface area contributed by atoms with E-state index in [1.807, 2.05) is 0 Å². The molecule has 0 bridgehead atoms. The van der Waals surface area contributed by atoms with Gasteiger partial charge in [-0.1, -0.05) is 161 Å². The smallest absolute Gasteiger partial charge is 0.0162 e. The zero-order valence-corrected chi connectivity index (χ0v) is 33.9. The fraction of sp³-hybridized carbons (Fsp3) is 0.138. The molecule has 2 aliphatic rings. The third-order valence-electron chi connectivity index (χ3n) is 14.7. The van der Waals surface area contributed by atoms with Crippen molar-refractivity contribution in [3.8, 4) is 44.5 Å². The summed E-state index contributed by atoms with van der Waals surface area (Å²) < 4.78 is 0. The van der Waals surface area contributed by atoms with Gasteiger partial charge in [0.05, 0.1) is 0 Å². The first-order valence-electron chi connectivity index (χ1n) is 20.9. The Balaban J connectivity index is 0.978. The van der Waals surface area contributed by atoms with E-state index in [0.717, 1.165) is 0 Å². The van der Waals surface area contributed by atoms with Gasteiger partial charge >= 0.3 is 0 Å². The quantitative estimate of drug-likeness (QED) is 0.155. The summed E-state index contributed by atoms with van der Waals surface area (Å²) in [6.45, 7) is 14.6. The van der Waals surface area contributed by atoms with Crippen LogP contribution in [0.4, 0.5) is 0 Å². The van der Waals surface area contributed by atoms with Crippen molar-refractivity contribution < 1.29 is 0 Å². The maximum absolute atomic E-state index is 2.53. The van der Waals surface area contributed by atoms with Crippen molar-refractivity contribution in [1.82, 2.24) is 0 Å². The van der Waals surface area contributed by atoms with E-state index in [0.29, 0.717) is 0 Å². The monoisotopic (exact) mass is 738 g/mol. The molecule has 11 aromatic carbocycles. The van der Waals surface area contributed by atoms with Crippen LogP contribution in [0.1, 0.15) is 61.1 Å². The molecule has 274 valence electrons. The van der Waals surface area contributed by atoms with Gasteiger partial charge in [-0.05, 0) is 169 Å². The molecule has 0 N–H and O–H groups in total. The van der Waals surface area contributed by atoms with Crippen LogP contribution in [0, 0.1) is 13.8 Å². The van der Waals surface area contributed by atoms with Crippen LogP contribution in [-0.4, -0.2) is 0 Å². The highest BCUT2D eigenvalue weighted by molar-refractivity contribution is 6.26. The largest absolute Gasteiger partial charge is 0.0610 e. The van der Waals surface area contributed by atoms with Gasteiger partial charge in [0, 0.05) is 10.8 Å². The van der Waals surface area contributed by atoms with E-state index in [-0.39, 0.29) is 10.8 Å². The minimum Gasteiger partial charge on any atom is -0.0610 e. The van der Waals surface area contributed by atoms with Crippen LogP contribution in [0.2, 0.25) is 0 Å². The Kier molecular flexibility index (Phi) is 6.01. The third kappa shape index (κ3) is 3.91. The Hall–Kier alpha value is -6.50. The predicted molar refractivity (Wildman–Crippen MR) is 249 cm³/mol. The van der Waals surface area contributed by atoms with Crippen molar-refractivity contribution in [3.05, 3.63) is 179 Å². The van der Waals surface area contributed by atoms with Gasteiger partial charge in [0.15, 0.2) is 0 Å². The second-order valence-electron chi connectivity index (χ2n) is 18.5. The lowest BCUT2D eigenvalue weighted by Crippen LogP contribution is -2.24. The van der Waals surface area contributed by atoms with Crippen LogP contribution < -0.4 is 0 Å². The number of hydrogen-bond donors (Lipinski definition) is 0. The summed E-state index contributed by atoms with van der Waals surface area (Å²) in [5.41, 5.74) is 19.1. The van der Waals surface area contributed by atoms with Crippen molar-refractivity contribution in [2.75, 3.05) is 0 Å². The van der Waals surface area contributed by atoms with Gasteiger partial charge in [0.25, 0.3) is 0 Å². The molecule has 0 heteroatoms. The number of hydrogen-bond acceptors (Lipinski definition) is 0. The molecule has 0 nitrogen and oxygen atoms in total. The lowest BCUT2D eigenvalue weighted by atomic mass is 9.72. The topological polar surface area (TPSA) is 0 Å². The summed E-state index contributed by atoms with van der Waals surface area (Å²) in [4.78, 5) is 0. The van der Waals surface area contributed by atoms with E-state index in [9.17, 15) is 0 Å². The number of aryl methyl sites for hydroxylation is 2. The third-order valence-corrected chi connectivity index (χ3v) is 14.7. The minimum absolute atomic E-state index is 0.178. The number of rotatable bonds is 2. The second kappa shape index (κ2) is 10.7. The van der Waals surface area contributed by atoms with Crippen molar-refractivity contribution in [2.24, 2.45) is 0 Å². The van der Waals surface area contributed by atoms with Gasteiger partial charge < -0.3 is 0 Å². The fourth-order valence-electron chi connectivity index (χ4n) is 12.1. The molecule has 58 heavy (non-hydrogen) atoms. The normalized spacial score (nSPS) is 15.0. The molecule has 0 radical (unpaired) electrons. The lowest BCUT2D eigenvalue weighted by Gasteiger charge is -2.31. The zero-order valence-electron chi connectivity index (χ0n) is 33.9. The first-order chi connectivity index (χ1) is 28.1. The molecule has 13 rings (SSSR count). The SMILES string of the molecule is Cc1cc(-c2ccc3ccc4cccc5ccc2c3c45)cc2c1-c1ccc3c(c1C2(C)C)C(C)(C)c1cc(-c2ccc4ccc5cccc6ccc2c4c56)cc(C)c1-3. The van der Waals surface area contributed by atoms with Crippen LogP contribution in [0.3, 0.4) is 0 Å². The van der Waals surface area contributed by atoms with E-state index in [1.54, 1.807) is 0 Å². The summed E-state index contributed by atoms with van der Waals surface area (Å²) in [6, 6.07) is 56.1. The van der Waals surface area contributed by atoms with Crippen LogP contribution >= 0.6 is 0 Å². The van der Waals surface area contributed by atoms with Gasteiger partial charge in [-0.25, -0.2) is 0 Å².